The van der Waals surface area contributed by atoms with Crippen molar-refractivity contribution >= 4 is 39.3 Å². The average molecular weight is 371 g/mol. The minimum atomic E-state index is 0.191. The molecule has 1 aromatic carbocycles. The molecule has 0 aliphatic heterocycles. The Kier molecular flexibility index (Phi) is 4.05. The number of carbonyl (C=O) groups excluding carboxylic acids is 1. The Morgan fingerprint density at radius 1 is 1.20 bits per heavy atom. The highest BCUT2D eigenvalue weighted by molar-refractivity contribution is 7.16. The van der Waals surface area contributed by atoms with E-state index in [0.717, 1.165) is 55.4 Å². The van der Waals surface area contributed by atoms with Crippen molar-refractivity contribution in [3.63, 3.8) is 0 Å². The molecule has 5 nitrogen and oxygen atoms in total. The molecule has 3 aromatic rings. The molecule has 0 radical (unpaired) electrons. The van der Waals surface area contributed by atoms with E-state index in [0.29, 0.717) is 6.42 Å². The minimum absolute atomic E-state index is 0.191. The summed E-state index contributed by atoms with van der Waals surface area (Å²) >= 11 is 3.17. The van der Waals surface area contributed by atoms with Crippen molar-refractivity contribution < 1.29 is 9.53 Å². The molecule has 0 unspecified atom stereocenters. The van der Waals surface area contributed by atoms with Gasteiger partial charge >= 0.3 is 0 Å². The number of hydrogen-bond donors (Lipinski definition) is 1. The van der Waals surface area contributed by atoms with E-state index in [1.807, 2.05) is 31.4 Å². The summed E-state index contributed by atoms with van der Waals surface area (Å²) in [7, 11) is 1.64. The highest BCUT2D eigenvalue weighted by Crippen LogP contribution is 2.37. The first kappa shape index (κ1) is 16.2. The third kappa shape index (κ3) is 2.94. The van der Waals surface area contributed by atoms with Gasteiger partial charge in [0, 0.05) is 17.4 Å². The van der Waals surface area contributed by atoms with Crippen LogP contribution in [0.5, 0.6) is 5.75 Å². The maximum absolute atomic E-state index is 12.0. The molecule has 2 aromatic heterocycles. The first-order chi connectivity index (χ1) is 12.0. The second kappa shape index (κ2) is 6.24. The number of Topliss-reactive ketones (excluding diaryl/α,β-unsaturated/α-hetero) is 1. The number of thiazole rings is 2. The van der Waals surface area contributed by atoms with Gasteiger partial charge in [0.05, 0.1) is 34.1 Å². The molecule has 4 rings (SSSR count). The topological polar surface area (TPSA) is 64.1 Å². The van der Waals surface area contributed by atoms with E-state index in [-0.39, 0.29) is 5.78 Å². The lowest BCUT2D eigenvalue weighted by atomic mass is 10.1. The molecular formula is C18H17N3O2S2. The van der Waals surface area contributed by atoms with E-state index in [2.05, 4.69) is 15.3 Å². The Morgan fingerprint density at radius 3 is 2.76 bits per heavy atom. The maximum Gasteiger partial charge on any atom is 0.187 e. The predicted octanol–water partition coefficient (Wildman–Crippen LogP) is 4.76. The number of ether oxygens (including phenoxy) is 1. The largest absolute Gasteiger partial charge is 0.495 e. The van der Waals surface area contributed by atoms with Gasteiger partial charge in [-0.15, -0.1) is 22.7 Å². The van der Waals surface area contributed by atoms with Crippen LogP contribution in [0.4, 0.5) is 10.8 Å². The molecule has 0 spiro atoms. The molecule has 1 aliphatic carbocycles. The fourth-order valence-corrected chi connectivity index (χ4v) is 4.73. The van der Waals surface area contributed by atoms with Crippen LogP contribution in [0.15, 0.2) is 17.5 Å². The van der Waals surface area contributed by atoms with Gasteiger partial charge in [0.1, 0.15) is 5.75 Å². The number of fused-ring (bicyclic) bond motifs is 1. The van der Waals surface area contributed by atoms with E-state index < -0.39 is 0 Å². The van der Waals surface area contributed by atoms with Crippen molar-refractivity contribution in [2.45, 2.75) is 26.7 Å². The third-order valence-electron chi connectivity index (χ3n) is 4.23. The second-order valence-corrected chi connectivity index (χ2v) is 8.00. The van der Waals surface area contributed by atoms with Gasteiger partial charge < -0.3 is 10.1 Å². The van der Waals surface area contributed by atoms with Gasteiger partial charge in [-0.05, 0) is 38.0 Å². The van der Waals surface area contributed by atoms with Gasteiger partial charge in [-0.3, -0.25) is 4.79 Å². The molecule has 2 heterocycles. The van der Waals surface area contributed by atoms with Crippen LogP contribution in [0.25, 0.3) is 10.6 Å². The van der Waals surface area contributed by atoms with Crippen LogP contribution in [0.2, 0.25) is 0 Å². The van der Waals surface area contributed by atoms with Gasteiger partial charge in [-0.1, -0.05) is 0 Å². The Hall–Kier alpha value is -2.25. The van der Waals surface area contributed by atoms with Crippen LogP contribution in [0.1, 0.15) is 33.0 Å². The molecule has 1 aliphatic rings. The summed E-state index contributed by atoms with van der Waals surface area (Å²) in [5.41, 5.74) is 4.54. The van der Waals surface area contributed by atoms with Gasteiger partial charge in [-0.25, -0.2) is 9.97 Å². The number of ketones is 1. The highest BCUT2D eigenvalue weighted by atomic mass is 32.1. The summed E-state index contributed by atoms with van der Waals surface area (Å²) in [5.74, 6) is 0.923. The van der Waals surface area contributed by atoms with Crippen molar-refractivity contribution in [1.82, 2.24) is 9.97 Å². The predicted molar refractivity (Wildman–Crippen MR) is 102 cm³/mol. The third-order valence-corrected chi connectivity index (χ3v) is 6.08. The number of carbonyl (C=O) groups is 1. The quantitative estimate of drug-likeness (QED) is 0.716. The van der Waals surface area contributed by atoms with Crippen molar-refractivity contribution in [3.05, 3.63) is 39.3 Å². The van der Waals surface area contributed by atoms with Gasteiger partial charge in [-0.2, -0.15) is 0 Å². The molecule has 0 fully saturated rings. The Bertz CT molecular complexity index is 975. The summed E-state index contributed by atoms with van der Waals surface area (Å²) in [6, 6.07) is 3.83. The summed E-state index contributed by atoms with van der Waals surface area (Å²) in [5, 5.41) is 7.13. The van der Waals surface area contributed by atoms with Crippen LogP contribution in [-0.4, -0.2) is 22.9 Å². The van der Waals surface area contributed by atoms with Crippen LogP contribution < -0.4 is 10.1 Å². The Balaban J connectivity index is 1.66. The minimum Gasteiger partial charge on any atom is -0.495 e. The molecule has 0 atom stereocenters. The molecule has 0 bridgehead atoms. The fraction of sp³-hybridized carbons (Fsp3) is 0.278. The van der Waals surface area contributed by atoms with E-state index >= 15 is 0 Å². The van der Waals surface area contributed by atoms with Crippen LogP contribution in [0.3, 0.4) is 0 Å². The summed E-state index contributed by atoms with van der Waals surface area (Å²) in [4.78, 5) is 22.2. The monoisotopic (exact) mass is 371 g/mol. The number of anilines is 2. The molecule has 0 saturated carbocycles. The SMILES string of the molecule is COc1cc2c(cc1Nc1nc(-c3sc(C)nc3C)cs1)C(=O)CC2. The second-order valence-electron chi connectivity index (χ2n) is 5.94. The van der Waals surface area contributed by atoms with Gasteiger partial charge in [0.15, 0.2) is 10.9 Å². The van der Waals surface area contributed by atoms with Crippen LogP contribution >= 0.6 is 22.7 Å². The number of rotatable bonds is 4. The zero-order chi connectivity index (χ0) is 17.6. The lowest BCUT2D eigenvalue weighted by Gasteiger charge is -2.11. The van der Waals surface area contributed by atoms with E-state index in [1.165, 1.54) is 11.3 Å². The summed E-state index contributed by atoms with van der Waals surface area (Å²) in [6.07, 6.45) is 1.36. The zero-order valence-corrected chi connectivity index (χ0v) is 15.8. The highest BCUT2D eigenvalue weighted by Gasteiger charge is 2.22. The number of nitrogens with zero attached hydrogens (tertiary/aromatic N) is 2. The standard InChI is InChI=1S/C18H17N3O2S2/c1-9-17(25-10(2)19-9)14-8-24-18(21-14)20-13-7-12-11(4-5-15(12)22)6-16(13)23-3/h6-8H,4-5H2,1-3H3,(H,20,21). The van der Waals surface area contributed by atoms with Crippen LogP contribution in [-0.2, 0) is 6.42 Å². The lowest BCUT2D eigenvalue weighted by Crippen LogP contribution is -1.99. The lowest BCUT2D eigenvalue weighted by molar-refractivity contribution is 0.0994. The summed E-state index contributed by atoms with van der Waals surface area (Å²) < 4.78 is 5.49. The number of nitrogens with one attached hydrogen (secondary N) is 1. The number of benzene rings is 1. The molecule has 1 N–H and O–H groups in total. The first-order valence-corrected chi connectivity index (χ1v) is 9.66. The number of aryl methyl sites for hydroxylation is 3. The Morgan fingerprint density at radius 2 is 2.04 bits per heavy atom. The molecule has 0 saturated heterocycles. The summed E-state index contributed by atoms with van der Waals surface area (Å²) in [6.45, 7) is 4.00. The fourth-order valence-electron chi connectivity index (χ4n) is 3.06. The molecule has 128 valence electrons. The van der Waals surface area contributed by atoms with Crippen molar-refractivity contribution in [3.8, 4) is 16.3 Å². The molecular weight excluding hydrogens is 354 g/mol. The van der Waals surface area contributed by atoms with Gasteiger partial charge in [0.25, 0.3) is 0 Å². The molecule has 7 heteroatoms. The smallest absolute Gasteiger partial charge is 0.187 e. The van der Waals surface area contributed by atoms with Crippen molar-refractivity contribution in [2.24, 2.45) is 0 Å². The van der Waals surface area contributed by atoms with E-state index in [1.54, 1.807) is 18.4 Å². The van der Waals surface area contributed by atoms with E-state index in [4.69, 9.17) is 4.74 Å². The zero-order valence-electron chi connectivity index (χ0n) is 14.2. The average Bonchev–Trinajstić information content (AvgIpc) is 3.27. The number of aromatic nitrogens is 2. The number of methoxy groups -OCH3 is 1. The molecule has 25 heavy (non-hydrogen) atoms. The van der Waals surface area contributed by atoms with Gasteiger partial charge in [0.2, 0.25) is 0 Å². The maximum atomic E-state index is 12.0. The normalized spacial score (nSPS) is 13.2. The first-order valence-electron chi connectivity index (χ1n) is 7.96. The van der Waals surface area contributed by atoms with Crippen molar-refractivity contribution in [2.75, 3.05) is 12.4 Å². The molecule has 0 amide bonds. The Labute approximate surface area is 153 Å². The number of hydrogen-bond acceptors (Lipinski definition) is 7. The van der Waals surface area contributed by atoms with E-state index in [9.17, 15) is 4.79 Å². The van der Waals surface area contributed by atoms with Crippen LogP contribution in [0, 0.1) is 13.8 Å². The van der Waals surface area contributed by atoms with Crippen molar-refractivity contribution in [1.29, 1.82) is 0 Å².